The molecule has 1 rings (SSSR count). The van der Waals surface area contributed by atoms with Crippen molar-refractivity contribution in [3.63, 3.8) is 0 Å². The highest BCUT2D eigenvalue weighted by molar-refractivity contribution is 5.82. The molecule has 0 aliphatic carbocycles. The van der Waals surface area contributed by atoms with Crippen molar-refractivity contribution in [3.05, 3.63) is 17.5 Å². The van der Waals surface area contributed by atoms with Gasteiger partial charge >= 0.3 is 5.97 Å². The zero-order chi connectivity index (χ0) is 15.1. The summed E-state index contributed by atoms with van der Waals surface area (Å²) >= 11 is 0. The van der Waals surface area contributed by atoms with Crippen LogP contribution in [-0.4, -0.2) is 45.9 Å². The van der Waals surface area contributed by atoms with E-state index in [1.54, 1.807) is 0 Å². The number of nitrogens with one attached hydrogen (secondary N) is 2. The molecule has 1 aromatic rings. The van der Waals surface area contributed by atoms with Crippen molar-refractivity contribution in [1.82, 2.24) is 20.4 Å². The molecule has 7 nitrogen and oxygen atoms in total. The molecule has 0 aliphatic heterocycles. The van der Waals surface area contributed by atoms with Crippen LogP contribution in [0, 0.1) is 13.8 Å². The maximum absolute atomic E-state index is 10.9. The van der Waals surface area contributed by atoms with Crippen LogP contribution in [0.4, 0.5) is 0 Å². The Morgan fingerprint density at radius 3 is 2.65 bits per heavy atom. The van der Waals surface area contributed by atoms with E-state index in [0.29, 0.717) is 6.54 Å². The lowest BCUT2D eigenvalue weighted by atomic mass is 10.3. The number of amides is 1. The molecule has 0 saturated carbocycles. The number of aryl methyl sites for hydroxylation is 3. The first-order valence-corrected chi connectivity index (χ1v) is 6.62. The molecule has 1 atom stereocenters. The highest BCUT2D eigenvalue weighted by atomic mass is 16.4. The second-order valence-electron chi connectivity index (χ2n) is 4.80. The van der Waals surface area contributed by atoms with Crippen LogP contribution in [-0.2, 0) is 16.1 Å². The molecule has 0 fully saturated rings. The third kappa shape index (κ3) is 5.40. The number of carboxylic acids is 1. The highest BCUT2D eigenvalue weighted by Crippen LogP contribution is 2.02. The average molecular weight is 282 g/mol. The predicted molar refractivity (Wildman–Crippen MR) is 74.4 cm³/mol. The third-order valence-electron chi connectivity index (χ3n) is 2.85. The molecule has 3 N–H and O–H groups in total. The summed E-state index contributed by atoms with van der Waals surface area (Å²) in [5, 5.41) is 18.7. The Morgan fingerprint density at radius 1 is 1.45 bits per heavy atom. The summed E-state index contributed by atoms with van der Waals surface area (Å²) in [4.78, 5) is 21.8. The molecule has 0 bridgehead atoms. The number of carbonyl (C=O) groups excluding carboxylic acids is 1. The van der Waals surface area contributed by atoms with Crippen molar-refractivity contribution >= 4 is 11.9 Å². The fourth-order valence-corrected chi connectivity index (χ4v) is 1.95. The molecule has 0 saturated heterocycles. The number of aliphatic carboxylic acids is 1. The van der Waals surface area contributed by atoms with Gasteiger partial charge in [0.1, 0.15) is 6.04 Å². The fourth-order valence-electron chi connectivity index (χ4n) is 1.95. The van der Waals surface area contributed by atoms with Gasteiger partial charge in [-0.3, -0.25) is 9.48 Å². The van der Waals surface area contributed by atoms with Gasteiger partial charge in [-0.2, -0.15) is 5.10 Å². The summed E-state index contributed by atoms with van der Waals surface area (Å²) in [7, 11) is 0. The number of rotatable bonds is 8. The number of carbonyl (C=O) groups is 2. The molecule has 0 aliphatic rings. The van der Waals surface area contributed by atoms with Crippen molar-refractivity contribution in [3.8, 4) is 0 Å². The number of aromatic nitrogens is 2. The lowest BCUT2D eigenvalue weighted by molar-refractivity contribution is -0.141. The Morgan fingerprint density at radius 2 is 2.15 bits per heavy atom. The van der Waals surface area contributed by atoms with Gasteiger partial charge in [-0.15, -0.1) is 0 Å². The number of nitrogens with zero attached hydrogens (tertiary/aromatic N) is 2. The largest absolute Gasteiger partial charge is 0.480 e. The van der Waals surface area contributed by atoms with E-state index in [4.69, 9.17) is 5.11 Å². The molecule has 0 spiro atoms. The minimum atomic E-state index is -1.04. The summed E-state index contributed by atoms with van der Waals surface area (Å²) in [6, 6.07) is 1.13. The molecule has 1 unspecified atom stereocenters. The minimum Gasteiger partial charge on any atom is -0.480 e. The average Bonchev–Trinajstić information content (AvgIpc) is 2.65. The van der Waals surface area contributed by atoms with Crippen molar-refractivity contribution < 1.29 is 14.7 Å². The molecular formula is C13H22N4O3. The molecular weight excluding hydrogens is 260 g/mol. The predicted octanol–water partition coefficient (Wildman–Crippen LogP) is 0.0689. The second-order valence-corrected chi connectivity index (χ2v) is 4.80. The summed E-state index contributed by atoms with van der Waals surface area (Å²) in [5.74, 6) is -1.38. The van der Waals surface area contributed by atoms with E-state index in [1.165, 1.54) is 6.92 Å². The zero-order valence-corrected chi connectivity index (χ0v) is 12.1. The van der Waals surface area contributed by atoms with E-state index >= 15 is 0 Å². The van der Waals surface area contributed by atoms with E-state index in [0.717, 1.165) is 24.4 Å². The van der Waals surface area contributed by atoms with Crippen LogP contribution in [0.5, 0.6) is 0 Å². The summed E-state index contributed by atoms with van der Waals surface area (Å²) < 4.78 is 1.93. The van der Waals surface area contributed by atoms with Crippen molar-refractivity contribution in [1.29, 1.82) is 0 Å². The molecule has 0 aromatic carbocycles. The van der Waals surface area contributed by atoms with Gasteiger partial charge < -0.3 is 15.7 Å². The smallest absolute Gasteiger partial charge is 0.327 e. The van der Waals surface area contributed by atoms with E-state index in [2.05, 4.69) is 15.7 Å². The van der Waals surface area contributed by atoms with Gasteiger partial charge in [-0.1, -0.05) is 0 Å². The minimum absolute atomic E-state index is 0.214. The second kappa shape index (κ2) is 7.64. The highest BCUT2D eigenvalue weighted by Gasteiger charge is 2.17. The molecule has 1 amide bonds. The Kier molecular flexibility index (Phi) is 6.17. The van der Waals surface area contributed by atoms with Gasteiger partial charge in [0.05, 0.1) is 5.69 Å². The molecule has 20 heavy (non-hydrogen) atoms. The monoisotopic (exact) mass is 282 g/mol. The Bertz CT molecular complexity index is 470. The molecule has 112 valence electrons. The zero-order valence-electron chi connectivity index (χ0n) is 12.1. The van der Waals surface area contributed by atoms with Crippen LogP contribution in [0.2, 0.25) is 0 Å². The van der Waals surface area contributed by atoms with Gasteiger partial charge in [-0.05, 0) is 32.9 Å². The van der Waals surface area contributed by atoms with Crippen LogP contribution in [0.3, 0.4) is 0 Å². The van der Waals surface area contributed by atoms with Crippen molar-refractivity contribution in [2.45, 2.75) is 39.8 Å². The van der Waals surface area contributed by atoms with Gasteiger partial charge in [0.2, 0.25) is 5.91 Å². The molecule has 1 aromatic heterocycles. The van der Waals surface area contributed by atoms with Crippen molar-refractivity contribution in [2.24, 2.45) is 0 Å². The van der Waals surface area contributed by atoms with Crippen molar-refractivity contribution in [2.75, 3.05) is 13.1 Å². The number of hydrogen-bond acceptors (Lipinski definition) is 4. The van der Waals surface area contributed by atoms with E-state index in [1.807, 2.05) is 24.6 Å². The Hall–Kier alpha value is -1.89. The number of carboxylic acid groups (broad SMARTS) is 1. The van der Waals surface area contributed by atoms with E-state index < -0.39 is 12.0 Å². The first-order chi connectivity index (χ1) is 9.40. The van der Waals surface area contributed by atoms with Gasteiger partial charge in [0.25, 0.3) is 0 Å². The van der Waals surface area contributed by atoms with Gasteiger partial charge in [0, 0.05) is 25.7 Å². The fraction of sp³-hybridized carbons (Fsp3) is 0.615. The van der Waals surface area contributed by atoms with Crippen LogP contribution < -0.4 is 10.6 Å². The Labute approximate surface area is 118 Å². The first kappa shape index (κ1) is 16.2. The summed E-state index contributed by atoms with van der Waals surface area (Å²) in [5.41, 5.74) is 2.11. The maximum Gasteiger partial charge on any atom is 0.327 e. The standard InChI is InChI=1S/C13H22N4O3/c1-9-7-10(2)17(16-9)6-4-5-14-8-12(13(19)20)15-11(3)18/h7,12,14H,4-6,8H2,1-3H3,(H,15,18)(H,19,20). The van der Waals surface area contributed by atoms with Gasteiger partial charge in [-0.25, -0.2) is 4.79 Å². The maximum atomic E-state index is 10.9. The lowest BCUT2D eigenvalue weighted by Crippen LogP contribution is -2.46. The third-order valence-corrected chi connectivity index (χ3v) is 2.85. The number of hydrogen-bond donors (Lipinski definition) is 3. The van der Waals surface area contributed by atoms with Crippen LogP contribution >= 0.6 is 0 Å². The van der Waals surface area contributed by atoms with E-state index in [-0.39, 0.29) is 12.5 Å². The quantitative estimate of drug-likeness (QED) is 0.586. The van der Waals surface area contributed by atoms with Crippen LogP contribution in [0.25, 0.3) is 0 Å². The van der Waals surface area contributed by atoms with Crippen LogP contribution in [0.15, 0.2) is 6.07 Å². The Balaban J connectivity index is 2.25. The molecule has 7 heteroatoms. The normalized spacial score (nSPS) is 12.2. The SMILES string of the molecule is CC(=O)NC(CNCCCn1nc(C)cc1C)C(=O)O. The van der Waals surface area contributed by atoms with Gasteiger partial charge in [0.15, 0.2) is 0 Å². The molecule has 0 radical (unpaired) electrons. The molecule has 1 heterocycles. The lowest BCUT2D eigenvalue weighted by Gasteiger charge is -2.14. The first-order valence-electron chi connectivity index (χ1n) is 6.62. The topological polar surface area (TPSA) is 96.3 Å². The summed E-state index contributed by atoms with van der Waals surface area (Å²) in [6.45, 7) is 6.92. The van der Waals surface area contributed by atoms with E-state index in [9.17, 15) is 9.59 Å². The van der Waals surface area contributed by atoms with Crippen LogP contribution in [0.1, 0.15) is 24.7 Å². The summed E-state index contributed by atoms with van der Waals surface area (Å²) in [6.07, 6.45) is 0.842.